The van der Waals surface area contributed by atoms with Crippen molar-refractivity contribution in [2.45, 2.75) is 44.4 Å². The molecule has 22 heavy (non-hydrogen) atoms. The monoisotopic (exact) mass is 299 g/mol. The summed E-state index contributed by atoms with van der Waals surface area (Å²) >= 11 is 0. The van der Waals surface area contributed by atoms with Crippen LogP contribution in [-0.2, 0) is 6.54 Å². The van der Waals surface area contributed by atoms with Crippen molar-refractivity contribution in [2.24, 2.45) is 0 Å². The number of benzene rings is 1. The molecule has 0 saturated carbocycles. The molecule has 0 aliphatic carbocycles. The third kappa shape index (κ3) is 3.33. The SMILES string of the molecule is C[C@@]1(O)CCN(Cc2ccc(C#N)cc2)C[C@H]1N1CCCC1. The Balaban J connectivity index is 1.66. The number of hydrogen-bond donors (Lipinski definition) is 1. The highest BCUT2D eigenvalue weighted by Gasteiger charge is 2.41. The summed E-state index contributed by atoms with van der Waals surface area (Å²) in [5.41, 5.74) is 1.37. The second-order valence-electron chi connectivity index (χ2n) is 6.91. The standard InChI is InChI=1S/C18H25N3O/c1-18(22)8-11-20(14-17(18)21-9-2-3-10-21)13-16-6-4-15(12-19)5-7-16/h4-7,17,22H,2-3,8-11,13-14H2,1H3/t17-,18-/m1/s1. The van der Waals surface area contributed by atoms with Crippen LogP contribution in [-0.4, -0.2) is 52.7 Å². The van der Waals surface area contributed by atoms with E-state index in [9.17, 15) is 5.11 Å². The van der Waals surface area contributed by atoms with Gasteiger partial charge in [-0.2, -0.15) is 5.26 Å². The maximum atomic E-state index is 10.7. The van der Waals surface area contributed by atoms with E-state index in [4.69, 9.17) is 5.26 Å². The van der Waals surface area contributed by atoms with E-state index in [1.807, 2.05) is 31.2 Å². The molecule has 0 radical (unpaired) electrons. The molecule has 3 rings (SSSR count). The lowest BCUT2D eigenvalue weighted by atomic mass is 9.87. The van der Waals surface area contributed by atoms with E-state index < -0.39 is 5.60 Å². The summed E-state index contributed by atoms with van der Waals surface area (Å²) in [6.07, 6.45) is 3.33. The number of hydrogen-bond acceptors (Lipinski definition) is 4. The van der Waals surface area contributed by atoms with Gasteiger partial charge in [0.25, 0.3) is 0 Å². The van der Waals surface area contributed by atoms with E-state index in [1.54, 1.807) is 0 Å². The van der Waals surface area contributed by atoms with E-state index in [-0.39, 0.29) is 6.04 Å². The zero-order chi connectivity index (χ0) is 15.6. The largest absolute Gasteiger partial charge is 0.388 e. The fourth-order valence-corrected chi connectivity index (χ4v) is 3.73. The summed E-state index contributed by atoms with van der Waals surface area (Å²) in [5, 5.41) is 19.6. The summed E-state index contributed by atoms with van der Waals surface area (Å²) < 4.78 is 0. The first-order valence-electron chi connectivity index (χ1n) is 8.26. The van der Waals surface area contributed by atoms with Gasteiger partial charge in [-0.3, -0.25) is 9.80 Å². The van der Waals surface area contributed by atoms with Crippen molar-refractivity contribution in [1.82, 2.24) is 9.80 Å². The van der Waals surface area contributed by atoms with Crippen LogP contribution < -0.4 is 0 Å². The van der Waals surface area contributed by atoms with Crippen molar-refractivity contribution < 1.29 is 5.11 Å². The predicted molar refractivity (Wildman–Crippen MR) is 86.3 cm³/mol. The van der Waals surface area contributed by atoms with Gasteiger partial charge in [0.05, 0.1) is 23.3 Å². The van der Waals surface area contributed by atoms with E-state index in [1.165, 1.54) is 18.4 Å². The second kappa shape index (κ2) is 6.37. The Morgan fingerprint density at radius 1 is 1.23 bits per heavy atom. The van der Waals surface area contributed by atoms with Gasteiger partial charge in [-0.1, -0.05) is 12.1 Å². The van der Waals surface area contributed by atoms with Crippen molar-refractivity contribution in [1.29, 1.82) is 5.26 Å². The van der Waals surface area contributed by atoms with Crippen molar-refractivity contribution >= 4 is 0 Å². The molecule has 2 aliphatic heterocycles. The fourth-order valence-electron chi connectivity index (χ4n) is 3.73. The van der Waals surface area contributed by atoms with Gasteiger partial charge in [0.1, 0.15) is 0 Å². The molecule has 2 aliphatic rings. The lowest BCUT2D eigenvalue weighted by Gasteiger charge is -2.46. The summed E-state index contributed by atoms with van der Waals surface area (Å²) in [4.78, 5) is 4.90. The first-order chi connectivity index (χ1) is 10.6. The Kier molecular flexibility index (Phi) is 4.49. The van der Waals surface area contributed by atoms with Crippen LogP contribution in [0.4, 0.5) is 0 Å². The lowest BCUT2D eigenvalue weighted by molar-refractivity contribution is -0.0776. The van der Waals surface area contributed by atoms with Crippen LogP contribution in [0.2, 0.25) is 0 Å². The number of likely N-dealkylation sites (tertiary alicyclic amines) is 2. The minimum Gasteiger partial charge on any atom is -0.388 e. The Morgan fingerprint density at radius 3 is 2.55 bits per heavy atom. The summed E-state index contributed by atoms with van der Waals surface area (Å²) in [6, 6.07) is 10.2. The maximum absolute atomic E-state index is 10.7. The van der Waals surface area contributed by atoms with E-state index in [0.717, 1.165) is 39.1 Å². The molecular formula is C18H25N3O. The molecule has 1 aromatic carbocycles. The van der Waals surface area contributed by atoms with Crippen LogP contribution >= 0.6 is 0 Å². The van der Waals surface area contributed by atoms with Crippen LogP contribution in [0.25, 0.3) is 0 Å². The molecule has 2 heterocycles. The quantitative estimate of drug-likeness (QED) is 0.927. The zero-order valence-corrected chi connectivity index (χ0v) is 13.3. The molecular weight excluding hydrogens is 274 g/mol. The minimum absolute atomic E-state index is 0.238. The van der Waals surface area contributed by atoms with Crippen molar-refractivity contribution in [2.75, 3.05) is 26.2 Å². The van der Waals surface area contributed by atoms with Gasteiger partial charge in [-0.25, -0.2) is 0 Å². The Hall–Kier alpha value is -1.41. The first-order valence-corrected chi connectivity index (χ1v) is 8.26. The Morgan fingerprint density at radius 2 is 1.91 bits per heavy atom. The van der Waals surface area contributed by atoms with Crippen molar-refractivity contribution in [3.8, 4) is 6.07 Å². The molecule has 0 bridgehead atoms. The average Bonchev–Trinajstić information content (AvgIpc) is 3.04. The topological polar surface area (TPSA) is 50.5 Å². The molecule has 2 saturated heterocycles. The fraction of sp³-hybridized carbons (Fsp3) is 0.611. The van der Waals surface area contributed by atoms with Crippen LogP contribution in [0, 0.1) is 11.3 Å². The van der Waals surface area contributed by atoms with Gasteiger partial charge < -0.3 is 5.11 Å². The number of aliphatic hydroxyl groups is 1. The Bertz CT molecular complexity index is 540. The molecule has 2 atom stereocenters. The number of rotatable bonds is 3. The second-order valence-corrected chi connectivity index (χ2v) is 6.91. The van der Waals surface area contributed by atoms with Gasteiger partial charge in [-0.05, 0) is 57.0 Å². The van der Waals surface area contributed by atoms with Crippen LogP contribution in [0.5, 0.6) is 0 Å². The maximum Gasteiger partial charge on any atom is 0.0991 e. The zero-order valence-electron chi connectivity index (χ0n) is 13.3. The summed E-state index contributed by atoms with van der Waals surface area (Å²) in [5.74, 6) is 0. The Labute approximate surface area is 133 Å². The molecule has 0 spiro atoms. The molecule has 0 aromatic heterocycles. The number of nitrogens with zero attached hydrogens (tertiary/aromatic N) is 3. The highest BCUT2D eigenvalue weighted by molar-refractivity contribution is 5.31. The van der Waals surface area contributed by atoms with Crippen molar-refractivity contribution in [3.05, 3.63) is 35.4 Å². The summed E-state index contributed by atoms with van der Waals surface area (Å²) in [6.45, 7) is 6.97. The molecule has 4 heteroatoms. The van der Waals surface area contributed by atoms with Crippen LogP contribution in [0.3, 0.4) is 0 Å². The van der Waals surface area contributed by atoms with E-state index >= 15 is 0 Å². The van der Waals surface area contributed by atoms with Gasteiger partial charge in [0.15, 0.2) is 0 Å². The smallest absolute Gasteiger partial charge is 0.0991 e. The number of piperidine rings is 1. The molecule has 0 unspecified atom stereocenters. The highest BCUT2D eigenvalue weighted by atomic mass is 16.3. The minimum atomic E-state index is -0.578. The molecule has 2 fully saturated rings. The van der Waals surface area contributed by atoms with Gasteiger partial charge in [-0.15, -0.1) is 0 Å². The van der Waals surface area contributed by atoms with Gasteiger partial charge in [0, 0.05) is 19.6 Å². The highest BCUT2D eigenvalue weighted by Crippen LogP contribution is 2.29. The number of nitriles is 1. The van der Waals surface area contributed by atoms with Gasteiger partial charge in [0.2, 0.25) is 0 Å². The normalized spacial score (nSPS) is 30.3. The van der Waals surface area contributed by atoms with E-state index in [2.05, 4.69) is 15.9 Å². The third-order valence-corrected chi connectivity index (χ3v) is 5.15. The molecule has 0 amide bonds. The third-order valence-electron chi connectivity index (χ3n) is 5.15. The summed E-state index contributed by atoms with van der Waals surface area (Å²) in [7, 11) is 0. The predicted octanol–water partition coefficient (Wildman–Crippen LogP) is 1.98. The molecule has 1 aromatic rings. The average molecular weight is 299 g/mol. The molecule has 118 valence electrons. The van der Waals surface area contributed by atoms with Crippen molar-refractivity contribution in [3.63, 3.8) is 0 Å². The van der Waals surface area contributed by atoms with E-state index in [0.29, 0.717) is 5.56 Å². The molecule has 4 nitrogen and oxygen atoms in total. The van der Waals surface area contributed by atoms with Crippen LogP contribution in [0.1, 0.15) is 37.3 Å². The van der Waals surface area contributed by atoms with Crippen LogP contribution in [0.15, 0.2) is 24.3 Å². The van der Waals surface area contributed by atoms with Gasteiger partial charge >= 0.3 is 0 Å². The lowest BCUT2D eigenvalue weighted by Crippen LogP contribution is -2.60. The molecule has 1 N–H and O–H groups in total. The first kappa shape index (κ1) is 15.5.